The Morgan fingerprint density at radius 2 is 1.68 bits per heavy atom. The molecule has 6 N–H and O–H groups in total. The lowest BCUT2D eigenvalue weighted by Gasteiger charge is -2.35. The summed E-state index contributed by atoms with van der Waals surface area (Å²) >= 11 is 0. The molecule has 2 aliphatic rings. The summed E-state index contributed by atoms with van der Waals surface area (Å²) in [5.74, 6) is -1.59. The molecule has 1 amide bonds. The van der Waals surface area contributed by atoms with Gasteiger partial charge in [0.05, 0.1) is 23.9 Å². The highest BCUT2D eigenvalue weighted by Crippen LogP contribution is 2.23. The van der Waals surface area contributed by atoms with Gasteiger partial charge in [-0.2, -0.15) is 5.10 Å². The van der Waals surface area contributed by atoms with Crippen LogP contribution < -0.4 is 11.1 Å². The van der Waals surface area contributed by atoms with Crippen LogP contribution in [0.3, 0.4) is 0 Å². The first-order chi connectivity index (χ1) is 17.7. The van der Waals surface area contributed by atoms with Crippen molar-refractivity contribution in [1.29, 1.82) is 0 Å². The lowest BCUT2D eigenvalue weighted by molar-refractivity contribution is -0.135. The van der Waals surface area contributed by atoms with Crippen LogP contribution in [0.25, 0.3) is 11.3 Å². The number of benzene rings is 1. The van der Waals surface area contributed by atoms with Crippen molar-refractivity contribution < 1.29 is 29.3 Å². The first kappa shape index (κ1) is 29.9. The fraction of sp³-hybridized carbons (Fsp3) is 0.538. The average molecular weight is 518 g/mol. The van der Waals surface area contributed by atoms with Crippen molar-refractivity contribution in [3.8, 4) is 11.3 Å². The number of carbonyl (C=O) groups excluding carboxylic acids is 1. The Hall–Kier alpha value is -3.28. The van der Waals surface area contributed by atoms with Crippen LogP contribution in [-0.4, -0.2) is 81.5 Å². The van der Waals surface area contributed by atoms with E-state index in [-0.39, 0.29) is 17.9 Å². The Morgan fingerprint density at radius 1 is 1.05 bits per heavy atom. The lowest BCUT2D eigenvalue weighted by Crippen LogP contribution is -2.47. The van der Waals surface area contributed by atoms with E-state index < -0.39 is 11.9 Å². The molecular weight excluding hydrogens is 478 g/mol. The van der Waals surface area contributed by atoms with Crippen molar-refractivity contribution in [3.63, 3.8) is 0 Å². The van der Waals surface area contributed by atoms with Crippen LogP contribution in [-0.2, 0) is 25.7 Å². The lowest BCUT2D eigenvalue weighted by atomic mass is 10.0. The molecule has 1 aromatic heterocycles. The predicted molar refractivity (Wildman–Crippen MR) is 139 cm³/mol. The summed E-state index contributed by atoms with van der Waals surface area (Å²) in [5.41, 5.74) is 9.16. The molecule has 0 radical (unpaired) electrons. The minimum Gasteiger partial charge on any atom is -0.481 e. The van der Waals surface area contributed by atoms with Gasteiger partial charge in [0, 0.05) is 57.8 Å². The number of carbonyl (C=O) groups is 3. The highest BCUT2D eigenvalue weighted by Gasteiger charge is 2.31. The molecule has 2 aromatic rings. The second-order valence-corrected chi connectivity index (χ2v) is 9.23. The molecule has 2 atom stereocenters. The second-order valence-electron chi connectivity index (χ2n) is 9.23. The number of likely N-dealkylation sites (tertiary alicyclic amines) is 1. The highest BCUT2D eigenvalue weighted by molar-refractivity contribution is 5.79. The van der Waals surface area contributed by atoms with Crippen LogP contribution in [0.4, 0.5) is 0 Å². The SMILES string of the molecule is CC(=O)O.CC(=O)O.N[C@H]1CC[C@@H](C(=O)NCc2cc(-c3ccccc3)n[nH]2)CN(C2CCOCC2)C1. The Balaban J connectivity index is 0.000000530. The van der Waals surface area contributed by atoms with E-state index in [1.54, 1.807) is 0 Å². The third-order valence-electron chi connectivity index (χ3n) is 6.04. The van der Waals surface area contributed by atoms with Gasteiger partial charge in [-0.25, -0.2) is 0 Å². The summed E-state index contributed by atoms with van der Waals surface area (Å²) in [6.07, 6.45) is 3.78. The van der Waals surface area contributed by atoms with E-state index in [1.807, 2.05) is 36.4 Å². The number of aromatic nitrogens is 2. The molecule has 1 aromatic carbocycles. The summed E-state index contributed by atoms with van der Waals surface area (Å²) in [5, 5.41) is 25.3. The molecule has 11 heteroatoms. The van der Waals surface area contributed by atoms with Gasteiger partial charge in [-0.1, -0.05) is 30.3 Å². The maximum absolute atomic E-state index is 12.9. The third-order valence-corrected chi connectivity index (χ3v) is 6.04. The van der Waals surface area contributed by atoms with Gasteiger partial charge in [-0.15, -0.1) is 0 Å². The van der Waals surface area contributed by atoms with Crippen LogP contribution in [0.1, 0.15) is 45.2 Å². The highest BCUT2D eigenvalue weighted by atomic mass is 16.5. The second kappa shape index (κ2) is 15.7. The fourth-order valence-electron chi connectivity index (χ4n) is 4.35. The predicted octanol–water partition coefficient (Wildman–Crippen LogP) is 2.09. The smallest absolute Gasteiger partial charge is 0.300 e. The fourth-order valence-corrected chi connectivity index (χ4v) is 4.35. The van der Waals surface area contributed by atoms with Crippen molar-refractivity contribution in [2.75, 3.05) is 26.3 Å². The van der Waals surface area contributed by atoms with Gasteiger partial charge in [-0.3, -0.25) is 24.4 Å². The normalized spacial score (nSPS) is 20.3. The van der Waals surface area contributed by atoms with Crippen LogP contribution in [0.2, 0.25) is 0 Å². The molecule has 0 aliphatic carbocycles. The minimum atomic E-state index is -0.833. The van der Waals surface area contributed by atoms with Crippen LogP contribution >= 0.6 is 0 Å². The maximum atomic E-state index is 12.9. The van der Waals surface area contributed by atoms with Gasteiger partial charge in [0.15, 0.2) is 0 Å². The molecule has 2 saturated heterocycles. The Morgan fingerprint density at radius 3 is 2.30 bits per heavy atom. The number of hydrogen-bond acceptors (Lipinski definition) is 7. The standard InChI is InChI=1S/C22H31N5O2.2C2H4O2/c23-18-7-6-17(14-27(15-18)20-8-10-29-11-9-20)22(28)24-13-19-12-21(26-25-19)16-4-2-1-3-5-16;2*1-2(3)4/h1-5,12,17-18,20H,6-11,13-15,23H2,(H,24,28)(H,25,26);2*1H3,(H,3,4)/t17-,18+;;/m1../s1. The zero-order valence-electron chi connectivity index (χ0n) is 21.6. The van der Waals surface area contributed by atoms with E-state index in [2.05, 4.69) is 20.4 Å². The van der Waals surface area contributed by atoms with Gasteiger partial charge in [0.2, 0.25) is 5.91 Å². The van der Waals surface area contributed by atoms with E-state index in [0.717, 1.165) is 82.8 Å². The molecule has 4 rings (SSSR count). The quantitative estimate of drug-likeness (QED) is 0.398. The molecule has 2 aliphatic heterocycles. The summed E-state index contributed by atoms with van der Waals surface area (Å²) in [6, 6.07) is 12.6. The monoisotopic (exact) mass is 517 g/mol. The molecule has 0 spiro atoms. The van der Waals surface area contributed by atoms with Gasteiger partial charge in [0.1, 0.15) is 0 Å². The molecule has 0 saturated carbocycles. The first-order valence-electron chi connectivity index (χ1n) is 12.5. The van der Waals surface area contributed by atoms with E-state index in [4.69, 9.17) is 30.3 Å². The number of carboxylic acid groups (broad SMARTS) is 2. The van der Waals surface area contributed by atoms with E-state index in [1.165, 1.54) is 0 Å². The van der Waals surface area contributed by atoms with Gasteiger partial charge < -0.3 is 26.0 Å². The first-order valence-corrected chi connectivity index (χ1v) is 12.5. The van der Waals surface area contributed by atoms with Crippen molar-refractivity contribution in [2.24, 2.45) is 11.7 Å². The molecule has 0 bridgehead atoms. The van der Waals surface area contributed by atoms with Gasteiger partial charge >= 0.3 is 0 Å². The molecule has 11 nitrogen and oxygen atoms in total. The Kier molecular flexibility index (Phi) is 12.7. The topological polar surface area (TPSA) is 171 Å². The number of amides is 1. The number of hydrogen-bond donors (Lipinski definition) is 5. The van der Waals surface area contributed by atoms with Crippen molar-refractivity contribution in [3.05, 3.63) is 42.1 Å². The maximum Gasteiger partial charge on any atom is 0.300 e. The Bertz CT molecular complexity index is 957. The number of H-pyrrole nitrogens is 1. The van der Waals surface area contributed by atoms with Crippen molar-refractivity contribution in [2.45, 2.75) is 58.2 Å². The molecule has 0 unspecified atom stereocenters. The molecule has 3 heterocycles. The van der Waals surface area contributed by atoms with Crippen LogP contribution in [0.5, 0.6) is 0 Å². The number of aromatic amines is 1. The zero-order chi connectivity index (χ0) is 27.2. The summed E-state index contributed by atoms with van der Waals surface area (Å²) in [7, 11) is 0. The average Bonchev–Trinajstić information content (AvgIpc) is 3.25. The number of ether oxygens (including phenoxy) is 1. The van der Waals surface area contributed by atoms with E-state index in [9.17, 15) is 4.79 Å². The molecule has 2 fully saturated rings. The van der Waals surface area contributed by atoms with Crippen molar-refractivity contribution >= 4 is 17.8 Å². The number of nitrogens with two attached hydrogens (primary N) is 1. The van der Waals surface area contributed by atoms with E-state index >= 15 is 0 Å². The molecule has 204 valence electrons. The largest absolute Gasteiger partial charge is 0.481 e. The summed E-state index contributed by atoms with van der Waals surface area (Å²) in [6.45, 7) is 5.88. The minimum absolute atomic E-state index is 0.0251. The number of carboxylic acids is 2. The molecular formula is C26H39N5O6. The number of aliphatic carboxylic acids is 2. The Labute approximate surface area is 217 Å². The van der Waals surface area contributed by atoms with Crippen LogP contribution in [0.15, 0.2) is 36.4 Å². The molecule has 37 heavy (non-hydrogen) atoms. The van der Waals surface area contributed by atoms with Gasteiger partial charge in [-0.05, 0) is 31.7 Å². The van der Waals surface area contributed by atoms with Gasteiger partial charge in [0.25, 0.3) is 11.9 Å². The zero-order valence-corrected chi connectivity index (χ0v) is 21.6. The van der Waals surface area contributed by atoms with E-state index in [0.29, 0.717) is 12.6 Å². The third kappa shape index (κ3) is 11.5. The number of nitrogens with zero attached hydrogens (tertiary/aromatic N) is 2. The number of nitrogens with one attached hydrogen (secondary N) is 2. The van der Waals surface area contributed by atoms with Crippen LogP contribution in [0, 0.1) is 5.92 Å². The summed E-state index contributed by atoms with van der Waals surface area (Å²) in [4.78, 5) is 33.3. The summed E-state index contributed by atoms with van der Waals surface area (Å²) < 4.78 is 5.50. The van der Waals surface area contributed by atoms with Crippen molar-refractivity contribution in [1.82, 2.24) is 20.4 Å². The number of rotatable bonds is 5.